The Kier molecular flexibility index (Phi) is 5.72. The van der Waals surface area contributed by atoms with Gasteiger partial charge in [-0.1, -0.05) is 29.3 Å². The summed E-state index contributed by atoms with van der Waals surface area (Å²) < 4.78 is 1.65. The highest BCUT2D eigenvalue weighted by Gasteiger charge is 2.17. The van der Waals surface area contributed by atoms with Crippen LogP contribution in [0.25, 0.3) is 5.69 Å². The second kappa shape index (κ2) is 8.04. The van der Waals surface area contributed by atoms with Crippen molar-refractivity contribution in [2.45, 2.75) is 6.92 Å². The fourth-order valence-electron chi connectivity index (χ4n) is 2.71. The Morgan fingerprint density at radius 2 is 1.82 bits per heavy atom. The van der Waals surface area contributed by atoms with Crippen LogP contribution in [-0.4, -0.2) is 40.6 Å². The van der Waals surface area contributed by atoms with Crippen LogP contribution >= 0.6 is 23.2 Å². The number of hydrogen-bond donors (Lipinski definition) is 1. The lowest BCUT2D eigenvalue weighted by Crippen LogP contribution is -2.22. The SMILES string of the molecule is Cc1c(C(=O)Nc2ccc(C(=O)N(C)C)c(Cl)c2)cnn1-c1cccc(Cl)c1. The normalized spacial score (nSPS) is 10.6. The van der Waals surface area contributed by atoms with Crippen LogP contribution in [-0.2, 0) is 0 Å². The summed E-state index contributed by atoms with van der Waals surface area (Å²) in [4.78, 5) is 26.2. The molecule has 0 atom stereocenters. The third kappa shape index (κ3) is 4.03. The molecule has 0 saturated carbocycles. The van der Waals surface area contributed by atoms with Crippen molar-refractivity contribution in [1.29, 1.82) is 0 Å². The summed E-state index contributed by atoms with van der Waals surface area (Å²) in [5.41, 5.74) is 2.71. The number of benzene rings is 2. The third-order valence-corrected chi connectivity index (χ3v) is 4.72. The average Bonchev–Trinajstić information content (AvgIpc) is 3.03. The zero-order valence-corrected chi connectivity index (χ0v) is 17.0. The van der Waals surface area contributed by atoms with Crippen LogP contribution in [0.2, 0.25) is 10.0 Å². The third-order valence-electron chi connectivity index (χ3n) is 4.17. The number of aromatic nitrogens is 2. The smallest absolute Gasteiger partial charge is 0.259 e. The van der Waals surface area contributed by atoms with Crippen molar-refractivity contribution in [2.24, 2.45) is 0 Å². The van der Waals surface area contributed by atoms with Crippen molar-refractivity contribution in [3.05, 3.63) is 75.5 Å². The van der Waals surface area contributed by atoms with E-state index >= 15 is 0 Å². The van der Waals surface area contributed by atoms with Gasteiger partial charge in [0, 0.05) is 24.8 Å². The number of rotatable bonds is 4. The van der Waals surface area contributed by atoms with Crippen LogP contribution in [0.5, 0.6) is 0 Å². The van der Waals surface area contributed by atoms with Crippen molar-refractivity contribution in [1.82, 2.24) is 14.7 Å². The lowest BCUT2D eigenvalue weighted by Gasteiger charge is -2.13. The number of carbonyl (C=O) groups excluding carboxylic acids is 2. The molecule has 0 radical (unpaired) electrons. The predicted molar refractivity (Wildman–Crippen MR) is 111 cm³/mol. The minimum absolute atomic E-state index is 0.207. The Labute approximate surface area is 172 Å². The molecule has 3 rings (SSSR count). The molecule has 0 fully saturated rings. The maximum absolute atomic E-state index is 12.7. The van der Waals surface area contributed by atoms with Crippen LogP contribution in [0.15, 0.2) is 48.7 Å². The van der Waals surface area contributed by atoms with Gasteiger partial charge in [-0.05, 0) is 43.3 Å². The minimum Gasteiger partial charge on any atom is -0.345 e. The summed E-state index contributed by atoms with van der Waals surface area (Å²) in [6.07, 6.45) is 1.50. The lowest BCUT2D eigenvalue weighted by atomic mass is 10.1. The van der Waals surface area contributed by atoms with E-state index < -0.39 is 0 Å². The van der Waals surface area contributed by atoms with Crippen molar-refractivity contribution < 1.29 is 9.59 Å². The first-order valence-electron chi connectivity index (χ1n) is 8.41. The van der Waals surface area contributed by atoms with Crippen molar-refractivity contribution >= 4 is 40.7 Å². The topological polar surface area (TPSA) is 67.2 Å². The second-order valence-electron chi connectivity index (χ2n) is 6.38. The van der Waals surface area contributed by atoms with Gasteiger partial charge in [-0.3, -0.25) is 9.59 Å². The van der Waals surface area contributed by atoms with E-state index in [1.807, 2.05) is 12.1 Å². The molecule has 0 unspecified atom stereocenters. The van der Waals surface area contributed by atoms with E-state index in [2.05, 4.69) is 10.4 Å². The van der Waals surface area contributed by atoms with E-state index in [0.29, 0.717) is 27.5 Å². The van der Waals surface area contributed by atoms with Crippen LogP contribution in [0, 0.1) is 6.92 Å². The Morgan fingerprint density at radius 1 is 1.07 bits per heavy atom. The maximum Gasteiger partial charge on any atom is 0.259 e. The zero-order chi connectivity index (χ0) is 20.4. The van der Waals surface area contributed by atoms with Gasteiger partial charge in [-0.2, -0.15) is 5.10 Å². The Balaban J connectivity index is 1.82. The van der Waals surface area contributed by atoms with Crippen LogP contribution < -0.4 is 5.32 Å². The van der Waals surface area contributed by atoms with Gasteiger partial charge >= 0.3 is 0 Å². The number of anilines is 1. The highest BCUT2D eigenvalue weighted by atomic mass is 35.5. The van der Waals surface area contributed by atoms with Crippen LogP contribution in [0.3, 0.4) is 0 Å². The van der Waals surface area contributed by atoms with E-state index in [-0.39, 0.29) is 16.8 Å². The number of carbonyl (C=O) groups is 2. The summed E-state index contributed by atoms with van der Waals surface area (Å²) in [5.74, 6) is -0.532. The van der Waals surface area contributed by atoms with E-state index in [1.54, 1.807) is 56.0 Å². The van der Waals surface area contributed by atoms with Crippen LogP contribution in [0.4, 0.5) is 5.69 Å². The zero-order valence-electron chi connectivity index (χ0n) is 15.5. The molecule has 2 amide bonds. The molecule has 144 valence electrons. The summed E-state index contributed by atoms with van der Waals surface area (Å²) in [6.45, 7) is 1.80. The number of nitrogens with one attached hydrogen (secondary N) is 1. The summed E-state index contributed by atoms with van der Waals surface area (Å²) in [6, 6.07) is 12.0. The summed E-state index contributed by atoms with van der Waals surface area (Å²) >= 11 is 12.2. The molecule has 0 spiro atoms. The number of hydrogen-bond acceptors (Lipinski definition) is 3. The number of nitrogens with zero attached hydrogens (tertiary/aromatic N) is 3. The largest absolute Gasteiger partial charge is 0.345 e. The molecule has 28 heavy (non-hydrogen) atoms. The molecular weight excluding hydrogens is 399 g/mol. The summed E-state index contributed by atoms with van der Waals surface area (Å²) in [7, 11) is 3.30. The molecule has 0 aliphatic rings. The van der Waals surface area contributed by atoms with Gasteiger partial charge in [-0.15, -0.1) is 0 Å². The maximum atomic E-state index is 12.7. The monoisotopic (exact) mass is 416 g/mol. The van der Waals surface area contributed by atoms with E-state index in [1.165, 1.54) is 11.1 Å². The highest BCUT2D eigenvalue weighted by Crippen LogP contribution is 2.23. The van der Waals surface area contributed by atoms with E-state index in [4.69, 9.17) is 23.2 Å². The van der Waals surface area contributed by atoms with Gasteiger partial charge in [0.05, 0.1) is 33.7 Å². The second-order valence-corrected chi connectivity index (χ2v) is 7.23. The number of halogens is 2. The van der Waals surface area contributed by atoms with Gasteiger partial charge in [0.25, 0.3) is 11.8 Å². The fourth-order valence-corrected chi connectivity index (χ4v) is 3.15. The first-order chi connectivity index (χ1) is 13.3. The Hall–Kier alpha value is -2.83. The van der Waals surface area contributed by atoms with Crippen molar-refractivity contribution in [3.8, 4) is 5.69 Å². The van der Waals surface area contributed by atoms with Gasteiger partial charge in [0.2, 0.25) is 0 Å². The summed E-state index contributed by atoms with van der Waals surface area (Å²) in [5, 5.41) is 7.92. The Bertz CT molecular complexity index is 1060. The molecular formula is C20H18Cl2N4O2. The molecule has 1 N–H and O–H groups in total. The van der Waals surface area contributed by atoms with Gasteiger partial charge in [0.15, 0.2) is 0 Å². The van der Waals surface area contributed by atoms with E-state index in [0.717, 1.165) is 5.69 Å². The molecule has 0 aliphatic carbocycles. The molecule has 6 nitrogen and oxygen atoms in total. The highest BCUT2D eigenvalue weighted by molar-refractivity contribution is 6.34. The quantitative estimate of drug-likeness (QED) is 0.683. The average molecular weight is 417 g/mol. The molecule has 0 aliphatic heterocycles. The first-order valence-corrected chi connectivity index (χ1v) is 9.16. The number of amides is 2. The first kappa shape index (κ1) is 19.9. The molecule has 0 saturated heterocycles. The minimum atomic E-state index is -0.325. The molecule has 8 heteroatoms. The lowest BCUT2D eigenvalue weighted by molar-refractivity contribution is 0.0827. The van der Waals surface area contributed by atoms with Crippen molar-refractivity contribution in [3.63, 3.8) is 0 Å². The standard InChI is InChI=1S/C20H18Cl2N4O2/c1-12-17(11-23-26(12)15-6-4-5-13(21)9-15)19(27)24-14-7-8-16(18(22)10-14)20(28)25(2)3/h4-11H,1-3H3,(H,24,27). The molecule has 2 aromatic carbocycles. The molecule has 1 heterocycles. The predicted octanol–water partition coefficient (Wildman–Crippen LogP) is 4.44. The van der Waals surface area contributed by atoms with Crippen molar-refractivity contribution in [2.75, 3.05) is 19.4 Å². The molecule has 1 aromatic heterocycles. The Morgan fingerprint density at radius 3 is 2.46 bits per heavy atom. The van der Waals surface area contributed by atoms with E-state index in [9.17, 15) is 9.59 Å². The molecule has 0 bridgehead atoms. The van der Waals surface area contributed by atoms with Gasteiger partial charge < -0.3 is 10.2 Å². The van der Waals surface area contributed by atoms with Crippen LogP contribution in [0.1, 0.15) is 26.4 Å². The fraction of sp³-hybridized carbons (Fsp3) is 0.150. The molecule has 3 aromatic rings. The van der Waals surface area contributed by atoms with Gasteiger partial charge in [-0.25, -0.2) is 4.68 Å². The van der Waals surface area contributed by atoms with Gasteiger partial charge in [0.1, 0.15) is 0 Å².